The highest BCUT2D eigenvalue weighted by molar-refractivity contribution is 5.97. The van der Waals surface area contributed by atoms with Gasteiger partial charge in [-0.05, 0) is 37.5 Å². The molecule has 0 saturated heterocycles. The number of nitrogens with one attached hydrogen (secondary N) is 1. The number of anilines is 1. The van der Waals surface area contributed by atoms with Crippen molar-refractivity contribution in [1.82, 2.24) is 0 Å². The molecule has 0 bridgehead atoms. The van der Waals surface area contributed by atoms with Gasteiger partial charge in [0.15, 0.2) is 0 Å². The van der Waals surface area contributed by atoms with E-state index in [1.807, 2.05) is 0 Å². The highest BCUT2D eigenvalue weighted by Crippen LogP contribution is 2.26. The SMILES string of the molecule is Cl.NC(=O)c1ccc(F)c(NC(=O)C2CCC(N)C2)c1. The van der Waals surface area contributed by atoms with E-state index in [1.54, 1.807) is 0 Å². The summed E-state index contributed by atoms with van der Waals surface area (Å²) in [6.07, 6.45) is 2.09. The largest absolute Gasteiger partial charge is 0.366 e. The van der Waals surface area contributed by atoms with Crippen molar-refractivity contribution in [1.29, 1.82) is 0 Å². The molecule has 2 rings (SSSR count). The molecule has 0 aromatic heterocycles. The van der Waals surface area contributed by atoms with Crippen LogP contribution in [0.25, 0.3) is 0 Å². The number of amides is 2. The van der Waals surface area contributed by atoms with Gasteiger partial charge in [-0.3, -0.25) is 9.59 Å². The van der Waals surface area contributed by atoms with Crippen molar-refractivity contribution < 1.29 is 14.0 Å². The lowest BCUT2D eigenvalue weighted by atomic mass is 10.1. The van der Waals surface area contributed by atoms with Gasteiger partial charge in [-0.15, -0.1) is 12.4 Å². The lowest BCUT2D eigenvalue weighted by Gasteiger charge is -2.12. The second-order valence-corrected chi connectivity index (χ2v) is 4.82. The van der Waals surface area contributed by atoms with E-state index in [0.29, 0.717) is 12.8 Å². The number of rotatable bonds is 3. The number of hydrogen-bond acceptors (Lipinski definition) is 3. The van der Waals surface area contributed by atoms with Crippen LogP contribution in [-0.4, -0.2) is 17.9 Å². The van der Waals surface area contributed by atoms with E-state index < -0.39 is 11.7 Å². The summed E-state index contributed by atoms with van der Waals surface area (Å²) in [4.78, 5) is 23.0. The molecule has 0 heterocycles. The van der Waals surface area contributed by atoms with Crippen LogP contribution in [0, 0.1) is 11.7 Å². The molecule has 5 N–H and O–H groups in total. The molecule has 2 atom stereocenters. The molecule has 5 nitrogen and oxygen atoms in total. The molecule has 1 aromatic carbocycles. The van der Waals surface area contributed by atoms with E-state index >= 15 is 0 Å². The molecule has 2 amide bonds. The third-order valence-corrected chi connectivity index (χ3v) is 3.35. The van der Waals surface area contributed by atoms with E-state index in [9.17, 15) is 14.0 Å². The maximum absolute atomic E-state index is 13.6. The summed E-state index contributed by atoms with van der Waals surface area (Å²) in [5.41, 5.74) is 11.0. The summed E-state index contributed by atoms with van der Waals surface area (Å²) < 4.78 is 13.6. The quantitative estimate of drug-likeness (QED) is 0.787. The Hall–Kier alpha value is -1.66. The molecule has 1 fully saturated rings. The minimum Gasteiger partial charge on any atom is -0.366 e. The summed E-state index contributed by atoms with van der Waals surface area (Å²) in [6, 6.07) is 3.65. The fraction of sp³-hybridized carbons (Fsp3) is 0.385. The van der Waals surface area contributed by atoms with Gasteiger partial charge in [-0.25, -0.2) is 4.39 Å². The highest BCUT2D eigenvalue weighted by Gasteiger charge is 2.28. The molecule has 1 saturated carbocycles. The Labute approximate surface area is 122 Å². The predicted molar refractivity (Wildman–Crippen MR) is 76.1 cm³/mol. The molecule has 1 aliphatic rings. The Morgan fingerprint density at radius 2 is 2.00 bits per heavy atom. The van der Waals surface area contributed by atoms with Crippen LogP contribution in [0.2, 0.25) is 0 Å². The molecular weight excluding hydrogens is 285 g/mol. The van der Waals surface area contributed by atoms with Gasteiger partial charge in [0.1, 0.15) is 5.82 Å². The lowest BCUT2D eigenvalue weighted by molar-refractivity contribution is -0.119. The van der Waals surface area contributed by atoms with Crippen molar-refractivity contribution in [2.45, 2.75) is 25.3 Å². The maximum atomic E-state index is 13.6. The van der Waals surface area contributed by atoms with Gasteiger partial charge >= 0.3 is 0 Å². The Balaban J connectivity index is 0.00000200. The standard InChI is InChI=1S/C13H16FN3O2.ClH/c14-10-4-2-7(12(16)18)6-11(10)17-13(19)8-1-3-9(15)5-8;/h2,4,6,8-9H,1,3,5,15H2,(H2,16,18)(H,17,19);1H. The number of benzene rings is 1. The molecule has 1 aliphatic carbocycles. The molecule has 0 aliphatic heterocycles. The minimum absolute atomic E-state index is 0. The fourth-order valence-electron chi connectivity index (χ4n) is 2.26. The van der Waals surface area contributed by atoms with Crippen molar-refractivity contribution in [2.24, 2.45) is 17.4 Å². The van der Waals surface area contributed by atoms with Gasteiger partial charge in [0.2, 0.25) is 11.8 Å². The Kier molecular flexibility index (Phi) is 5.47. The molecule has 20 heavy (non-hydrogen) atoms. The second-order valence-electron chi connectivity index (χ2n) is 4.82. The van der Waals surface area contributed by atoms with E-state index in [-0.39, 0.29) is 41.5 Å². The highest BCUT2D eigenvalue weighted by atomic mass is 35.5. The number of halogens is 2. The van der Waals surface area contributed by atoms with Crippen LogP contribution in [0.15, 0.2) is 18.2 Å². The summed E-state index contributed by atoms with van der Waals surface area (Å²) in [5.74, 6) is -1.74. The van der Waals surface area contributed by atoms with Crippen molar-refractivity contribution in [3.8, 4) is 0 Å². The maximum Gasteiger partial charge on any atom is 0.248 e. The topological polar surface area (TPSA) is 98.2 Å². The average molecular weight is 302 g/mol. The molecule has 2 unspecified atom stereocenters. The van der Waals surface area contributed by atoms with Crippen molar-refractivity contribution >= 4 is 29.9 Å². The van der Waals surface area contributed by atoms with E-state index in [2.05, 4.69) is 5.32 Å². The lowest BCUT2D eigenvalue weighted by Crippen LogP contribution is -2.24. The van der Waals surface area contributed by atoms with Gasteiger partial charge < -0.3 is 16.8 Å². The van der Waals surface area contributed by atoms with Crippen molar-refractivity contribution in [2.75, 3.05) is 5.32 Å². The minimum atomic E-state index is -0.668. The zero-order chi connectivity index (χ0) is 14.0. The molecule has 110 valence electrons. The first-order chi connectivity index (χ1) is 8.97. The number of carbonyl (C=O) groups is 2. The van der Waals surface area contributed by atoms with E-state index in [1.165, 1.54) is 12.1 Å². The van der Waals surface area contributed by atoms with Gasteiger partial charge in [0, 0.05) is 17.5 Å². The monoisotopic (exact) mass is 301 g/mol. The van der Waals surface area contributed by atoms with Gasteiger partial charge in [0.25, 0.3) is 0 Å². The third kappa shape index (κ3) is 3.68. The number of primary amides is 1. The molecule has 0 radical (unpaired) electrons. The zero-order valence-corrected chi connectivity index (χ0v) is 11.6. The van der Waals surface area contributed by atoms with E-state index in [0.717, 1.165) is 12.5 Å². The first-order valence-electron chi connectivity index (χ1n) is 6.13. The van der Waals surface area contributed by atoms with Crippen molar-refractivity contribution in [3.63, 3.8) is 0 Å². The normalized spacial score (nSPS) is 21.1. The average Bonchev–Trinajstić information content (AvgIpc) is 2.78. The van der Waals surface area contributed by atoms with Crippen LogP contribution in [0.4, 0.5) is 10.1 Å². The van der Waals surface area contributed by atoms with Gasteiger partial charge in [-0.1, -0.05) is 0 Å². The first-order valence-corrected chi connectivity index (χ1v) is 6.13. The van der Waals surface area contributed by atoms with Crippen LogP contribution >= 0.6 is 12.4 Å². The Morgan fingerprint density at radius 3 is 2.55 bits per heavy atom. The summed E-state index contributed by atoms with van der Waals surface area (Å²) in [6.45, 7) is 0. The number of nitrogens with two attached hydrogens (primary N) is 2. The summed E-state index contributed by atoms with van der Waals surface area (Å²) >= 11 is 0. The predicted octanol–water partition coefficient (Wildman–Crippen LogP) is 1.41. The number of carbonyl (C=O) groups excluding carboxylic acids is 2. The van der Waals surface area contributed by atoms with E-state index in [4.69, 9.17) is 11.5 Å². The second kappa shape index (κ2) is 6.67. The van der Waals surface area contributed by atoms with Crippen LogP contribution in [0.1, 0.15) is 29.6 Å². The third-order valence-electron chi connectivity index (χ3n) is 3.35. The number of hydrogen-bond donors (Lipinski definition) is 3. The van der Waals surface area contributed by atoms with Gasteiger partial charge in [-0.2, -0.15) is 0 Å². The summed E-state index contributed by atoms with van der Waals surface area (Å²) in [5, 5.41) is 2.49. The Bertz CT molecular complexity index is 524. The first kappa shape index (κ1) is 16.4. The van der Waals surface area contributed by atoms with Gasteiger partial charge in [0.05, 0.1) is 5.69 Å². The summed E-state index contributed by atoms with van der Waals surface area (Å²) in [7, 11) is 0. The van der Waals surface area contributed by atoms with Crippen LogP contribution < -0.4 is 16.8 Å². The molecule has 1 aromatic rings. The zero-order valence-electron chi connectivity index (χ0n) is 10.8. The fourth-order valence-corrected chi connectivity index (χ4v) is 2.26. The molecular formula is C13H17ClFN3O2. The smallest absolute Gasteiger partial charge is 0.248 e. The van der Waals surface area contributed by atoms with Crippen LogP contribution in [0.5, 0.6) is 0 Å². The molecule has 7 heteroatoms. The van der Waals surface area contributed by atoms with Crippen LogP contribution in [-0.2, 0) is 4.79 Å². The Morgan fingerprint density at radius 1 is 1.30 bits per heavy atom. The van der Waals surface area contributed by atoms with Crippen molar-refractivity contribution in [3.05, 3.63) is 29.6 Å². The molecule has 0 spiro atoms. The van der Waals surface area contributed by atoms with Crippen LogP contribution in [0.3, 0.4) is 0 Å².